The number of carbonyl (C=O) groups is 1. The highest BCUT2D eigenvalue weighted by Gasteiger charge is 2.38. The second-order valence-corrected chi connectivity index (χ2v) is 7.73. The molecule has 0 unspecified atom stereocenters. The number of amides is 1. The number of nitrogens with zero attached hydrogens (tertiary/aromatic N) is 2. The molecular weight excluding hydrogens is 394 g/mol. The second kappa shape index (κ2) is 8.57. The van der Waals surface area contributed by atoms with Gasteiger partial charge in [-0.3, -0.25) is 9.69 Å². The summed E-state index contributed by atoms with van der Waals surface area (Å²) in [6.07, 6.45) is 0.870. The van der Waals surface area contributed by atoms with Crippen molar-refractivity contribution < 1.29 is 19.0 Å². The van der Waals surface area contributed by atoms with Crippen molar-refractivity contribution >= 4 is 17.5 Å². The molecule has 0 spiro atoms. The number of nitrogens with one attached hydrogen (secondary N) is 1. The lowest BCUT2D eigenvalue weighted by molar-refractivity contribution is -0.0502. The SMILES string of the molecule is COc1ccc(C(=O)N[C@@H]2C[C@H]3CO[C@@H](c4ccc(Cl)cc4)CN3C2)c(OC)n1. The van der Waals surface area contributed by atoms with Crippen LogP contribution in [-0.4, -0.2) is 61.8 Å². The van der Waals surface area contributed by atoms with E-state index in [1.165, 1.54) is 14.2 Å². The van der Waals surface area contributed by atoms with Crippen LogP contribution in [0.3, 0.4) is 0 Å². The first-order valence-electron chi connectivity index (χ1n) is 9.58. The molecule has 1 amide bonds. The average molecular weight is 418 g/mol. The summed E-state index contributed by atoms with van der Waals surface area (Å²) in [5.74, 6) is 0.461. The zero-order chi connectivity index (χ0) is 20.4. The lowest BCUT2D eigenvalue weighted by atomic mass is 10.1. The molecule has 0 saturated carbocycles. The highest BCUT2D eigenvalue weighted by Crippen LogP contribution is 2.31. The summed E-state index contributed by atoms with van der Waals surface area (Å²) in [7, 11) is 3.01. The quantitative estimate of drug-likeness (QED) is 0.806. The van der Waals surface area contributed by atoms with Crippen LogP contribution in [0.4, 0.5) is 0 Å². The molecule has 2 aliphatic heterocycles. The van der Waals surface area contributed by atoms with E-state index in [1.54, 1.807) is 12.1 Å². The third-order valence-corrected chi connectivity index (χ3v) is 5.73. The van der Waals surface area contributed by atoms with Gasteiger partial charge >= 0.3 is 0 Å². The Bertz CT molecular complexity index is 877. The summed E-state index contributed by atoms with van der Waals surface area (Å²) in [5.41, 5.74) is 1.52. The van der Waals surface area contributed by atoms with Crippen LogP contribution in [-0.2, 0) is 4.74 Å². The molecule has 0 radical (unpaired) electrons. The first-order valence-corrected chi connectivity index (χ1v) is 9.96. The Labute approximate surface area is 174 Å². The van der Waals surface area contributed by atoms with Crippen LogP contribution < -0.4 is 14.8 Å². The molecule has 0 aliphatic carbocycles. The zero-order valence-corrected chi connectivity index (χ0v) is 17.2. The minimum absolute atomic E-state index is 0.0175. The van der Waals surface area contributed by atoms with Gasteiger partial charge in [-0.05, 0) is 30.2 Å². The van der Waals surface area contributed by atoms with E-state index >= 15 is 0 Å². The van der Waals surface area contributed by atoms with Crippen LogP contribution in [0.25, 0.3) is 0 Å². The number of aromatic nitrogens is 1. The van der Waals surface area contributed by atoms with Gasteiger partial charge in [-0.25, -0.2) is 0 Å². The molecule has 154 valence electrons. The van der Waals surface area contributed by atoms with Crippen molar-refractivity contribution in [2.24, 2.45) is 0 Å². The van der Waals surface area contributed by atoms with Crippen molar-refractivity contribution in [1.29, 1.82) is 0 Å². The maximum Gasteiger partial charge on any atom is 0.257 e. The Balaban J connectivity index is 1.39. The van der Waals surface area contributed by atoms with E-state index in [2.05, 4.69) is 15.2 Å². The number of ether oxygens (including phenoxy) is 3. The third kappa shape index (κ3) is 4.32. The van der Waals surface area contributed by atoms with Crippen molar-refractivity contribution in [3.63, 3.8) is 0 Å². The molecule has 8 heteroatoms. The monoisotopic (exact) mass is 417 g/mol. The minimum Gasteiger partial charge on any atom is -0.481 e. The number of halogens is 1. The highest BCUT2D eigenvalue weighted by molar-refractivity contribution is 6.30. The smallest absolute Gasteiger partial charge is 0.257 e. The van der Waals surface area contributed by atoms with Gasteiger partial charge in [0.05, 0.1) is 26.9 Å². The molecule has 3 heterocycles. The Morgan fingerprint density at radius 3 is 2.69 bits per heavy atom. The van der Waals surface area contributed by atoms with Crippen LogP contribution >= 0.6 is 11.6 Å². The van der Waals surface area contributed by atoms with E-state index in [0.717, 1.165) is 30.1 Å². The largest absolute Gasteiger partial charge is 0.481 e. The molecule has 1 N–H and O–H groups in total. The minimum atomic E-state index is -0.197. The van der Waals surface area contributed by atoms with Gasteiger partial charge in [0.2, 0.25) is 11.8 Å². The Hall–Kier alpha value is -2.35. The summed E-state index contributed by atoms with van der Waals surface area (Å²) in [6, 6.07) is 11.5. The van der Waals surface area contributed by atoms with Crippen molar-refractivity contribution in [1.82, 2.24) is 15.2 Å². The van der Waals surface area contributed by atoms with E-state index in [0.29, 0.717) is 24.1 Å². The van der Waals surface area contributed by atoms with Crippen molar-refractivity contribution in [3.8, 4) is 11.8 Å². The number of methoxy groups -OCH3 is 2. The van der Waals surface area contributed by atoms with Gasteiger partial charge in [-0.1, -0.05) is 23.7 Å². The molecule has 4 rings (SSSR count). The number of benzene rings is 1. The van der Waals surface area contributed by atoms with E-state index < -0.39 is 0 Å². The Morgan fingerprint density at radius 1 is 1.17 bits per heavy atom. The molecule has 2 aromatic rings. The normalized spacial score (nSPS) is 24.0. The number of morpholine rings is 1. The summed E-state index contributed by atoms with van der Waals surface area (Å²) < 4.78 is 16.4. The first kappa shape index (κ1) is 19.9. The number of rotatable bonds is 5. The van der Waals surface area contributed by atoms with Gasteiger partial charge in [0.25, 0.3) is 5.91 Å². The zero-order valence-electron chi connectivity index (χ0n) is 16.4. The van der Waals surface area contributed by atoms with Gasteiger partial charge in [-0.2, -0.15) is 4.98 Å². The Kier molecular flexibility index (Phi) is 5.89. The van der Waals surface area contributed by atoms with Crippen LogP contribution in [0, 0.1) is 0 Å². The molecule has 1 aromatic heterocycles. The molecule has 3 atom stereocenters. The van der Waals surface area contributed by atoms with Gasteiger partial charge in [0, 0.05) is 36.3 Å². The second-order valence-electron chi connectivity index (χ2n) is 7.30. The van der Waals surface area contributed by atoms with Crippen molar-refractivity contribution in [2.45, 2.75) is 24.6 Å². The highest BCUT2D eigenvalue weighted by atomic mass is 35.5. The van der Waals surface area contributed by atoms with E-state index in [-0.39, 0.29) is 23.9 Å². The Morgan fingerprint density at radius 2 is 1.97 bits per heavy atom. The van der Waals surface area contributed by atoms with Crippen LogP contribution in [0.2, 0.25) is 5.02 Å². The van der Waals surface area contributed by atoms with E-state index in [4.69, 9.17) is 25.8 Å². The van der Waals surface area contributed by atoms with Crippen LogP contribution in [0.5, 0.6) is 11.8 Å². The molecular formula is C21H24ClN3O4. The maximum absolute atomic E-state index is 12.8. The maximum atomic E-state index is 12.8. The van der Waals surface area contributed by atoms with Crippen LogP contribution in [0.15, 0.2) is 36.4 Å². The fraction of sp³-hybridized carbons (Fsp3) is 0.429. The number of pyridine rings is 1. The topological polar surface area (TPSA) is 72.9 Å². The number of fused-ring (bicyclic) bond motifs is 1. The predicted molar refractivity (Wildman–Crippen MR) is 109 cm³/mol. The number of carbonyl (C=O) groups excluding carboxylic acids is 1. The summed E-state index contributed by atoms with van der Waals surface area (Å²) in [5, 5.41) is 3.83. The van der Waals surface area contributed by atoms with E-state index in [1.807, 2.05) is 24.3 Å². The van der Waals surface area contributed by atoms with Gasteiger partial charge in [-0.15, -0.1) is 0 Å². The number of hydrogen-bond donors (Lipinski definition) is 1. The van der Waals surface area contributed by atoms with Gasteiger partial charge in [0.1, 0.15) is 5.56 Å². The van der Waals surface area contributed by atoms with Gasteiger partial charge < -0.3 is 19.5 Å². The lowest BCUT2D eigenvalue weighted by Crippen LogP contribution is -2.43. The summed E-state index contributed by atoms with van der Waals surface area (Å²) >= 11 is 5.98. The van der Waals surface area contributed by atoms with Crippen molar-refractivity contribution in [3.05, 3.63) is 52.5 Å². The molecule has 2 saturated heterocycles. The molecule has 7 nitrogen and oxygen atoms in total. The summed E-state index contributed by atoms with van der Waals surface area (Å²) in [6.45, 7) is 2.23. The molecule has 0 bridgehead atoms. The fourth-order valence-corrected chi connectivity index (χ4v) is 4.11. The standard InChI is InChI=1S/C21H24ClN3O4/c1-27-19-8-7-17(21(24-19)28-2)20(26)23-15-9-16-12-29-18(11-25(16)10-15)13-3-5-14(22)6-4-13/h3-8,15-16,18H,9-12H2,1-2H3,(H,23,26)/t15-,16+,18-/m1/s1. The molecule has 1 aromatic carbocycles. The average Bonchev–Trinajstić information content (AvgIpc) is 3.15. The summed E-state index contributed by atoms with van der Waals surface area (Å²) in [4.78, 5) is 19.3. The number of hydrogen-bond acceptors (Lipinski definition) is 6. The third-order valence-electron chi connectivity index (χ3n) is 5.48. The molecule has 2 aliphatic rings. The van der Waals surface area contributed by atoms with Gasteiger partial charge in [0.15, 0.2) is 0 Å². The van der Waals surface area contributed by atoms with Crippen LogP contribution in [0.1, 0.15) is 28.4 Å². The fourth-order valence-electron chi connectivity index (χ4n) is 3.99. The first-order chi connectivity index (χ1) is 14.1. The molecule has 2 fully saturated rings. The lowest BCUT2D eigenvalue weighted by Gasteiger charge is -2.35. The van der Waals surface area contributed by atoms with E-state index in [9.17, 15) is 4.79 Å². The molecule has 29 heavy (non-hydrogen) atoms. The predicted octanol–water partition coefficient (Wildman–Crippen LogP) is 2.70. The van der Waals surface area contributed by atoms with Crippen molar-refractivity contribution in [2.75, 3.05) is 33.9 Å².